The van der Waals surface area contributed by atoms with Gasteiger partial charge in [-0.15, -0.1) is 0 Å². The summed E-state index contributed by atoms with van der Waals surface area (Å²) in [6.07, 6.45) is 1.64. The summed E-state index contributed by atoms with van der Waals surface area (Å²) in [5, 5.41) is 18.5. The van der Waals surface area contributed by atoms with E-state index in [1.807, 2.05) is 0 Å². The second-order valence-corrected chi connectivity index (χ2v) is 3.61. The molecule has 18 heavy (non-hydrogen) atoms. The molecule has 0 saturated heterocycles. The first kappa shape index (κ1) is 12.1. The van der Waals surface area contributed by atoms with E-state index in [-0.39, 0.29) is 6.61 Å². The number of fused-ring (bicyclic) bond motifs is 1. The van der Waals surface area contributed by atoms with Crippen molar-refractivity contribution in [3.63, 3.8) is 0 Å². The average Bonchev–Trinajstić information content (AvgIpc) is 2.75. The number of amides is 1. The molecule has 0 spiro atoms. The summed E-state index contributed by atoms with van der Waals surface area (Å²) in [6.45, 7) is -0.788. The van der Waals surface area contributed by atoms with E-state index in [0.29, 0.717) is 5.69 Å². The third-order valence-corrected chi connectivity index (χ3v) is 2.18. The second-order valence-electron chi connectivity index (χ2n) is 3.61. The van der Waals surface area contributed by atoms with Gasteiger partial charge < -0.3 is 15.2 Å². The molecule has 0 unspecified atom stereocenters. The Hall–Kier alpha value is -2.41. The van der Waals surface area contributed by atoms with Gasteiger partial charge in [-0.05, 0) is 18.2 Å². The lowest BCUT2D eigenvalue weighted by Crippen LogP contribution is -2.20. The van der Waals surface area contributed by atoms with Gasteiger partial charge in [0, 0.05) is 11.1 Å². The van der Waals surface area contributed by atoms with Crippen LogP contribution in [0.1, 0.15) is 0 Å². The summed E-state index contributed by atoms with van der Waals surface area (Å²) < 4.78 is 4.67. The standard InChI is InChI=1S/C11H11N3O4/c15-10(5-18-6-11(16)17)13-8-1-2-9-7(3-8)4-12-14-9/h1-4H,5-6H2,(H,12,14)(H,13,15)(H,16,17). The summed E-state index contributed by atoms with van der Waals surface area (Å²) in [6, 6.07) is 5.26. The molecule has 1 amide bonds. The van der Waals surface area contributed by atoms with Crippen molar-refractivity contribution in [1.29, 1.82) is 0 Å². The molecule has 0 aliphatic rings. The number of hydrogen-bond acceptors (Lipinski definition) is 4. The van der Waals surface area contributed by atoms with Crippen LogP contribution >= 0.6 is 0 Å². The predicted octanol–water partition coefficient (Wildman–Crippen LogP) is 0.603. The van der Waals surface area contributed by atoms with Crippen molar-refractivity contribution in [3.8, 4) is 0 Å². The van der Waals surface area contributed by atoms with E-state index in [9.17, 15) is 9.59 Å². The van der Waals surface area contributed by atoms with Gasteiger partial charge in [0.25, 0.3) is 0 Å². The van der Waals surface area contributed by atoms with Crippen molar-refractivity contribution < 1.29 is 19.4 Å². The first-order chi connectivity index (χ1) is 8.65. The smallest absolute Gasteiger partial charge is 0.329 e. The maximum Gasteiger partial charge on any atom is 0.329 e. The number of aliphatic carboxylic acids is 1. The molecular weight excluding hydrogens is 238 g/mol. The van der Waals surface area contributed by atoms with Crippen LogP contribution in [0.4, 0.5) is 5.69 Å². The Labute approximate surface area is 102 Å². The third-order valence-electron chi connectivity index (χ3n) is 2.18. The number of carboxylic acids is 1. The van der Waals surface area contributed by atoms with Gasteiger partial charge in [-0.3, -0.25) is 9.89 Å². The molecule has 7 heteroatoms. The number of nitrogens with zero attached hydrogens (tertiary/aromatic N) is 1. The zero-order valence-corrected chi connectivity index (χ0v) is 9.34. The van der Waals surface area contributed by atoms with E-state index in [0.717, 1.165) is 10.9 Å². The topological polar surface area (TPSA) is 104 Å². The minimum absolute atomic E-state index is 0.296. The highest BCUT2D eigenvalue weighted by Gasteiger charge is 2.05. The maximum absolute atomic E-state index is 11.4. The van der Waals surface area contributed by atoms with Crippen molar-refractivity contribution in [3.05, 3.63) is 24.4 Å². The lowest BCUT2D eigenvalue weighted by Gasteiger charge is -2.05. The lowest BCUT2D eigenvalue weighted by atomic mass is 10.2. The Morgan fingerprint density at radius 1 is 1.39 bits per heavy atom. The van der Waals surface area contributed by atoms with Crippen LogP contribution in [0.5, 0.6) is 0 Å². The highest BCUT2D eigenvalue weighted by Crippen LogP contribution is 2.16. The third kappa shape index (κ3) is 3.05. The molecule has 3 N–H and O–H groups in total. The van der Waals surface area contributed by atoms with Crippen LogP contribution in [-0.4, -0.2) is 40.4 Å². The van der Waals surface area contributed by atoms with Gasteiger partial charge in [-0.2, -0.15) is 5.10 Å². The number of benzene rings is 1. The molecule has 0 radical (unpaired) electrons. The lowest BCUT2D eigenvalue weighted by molar-refractivity contribution is -0.143. The molecular formula is C11H11N3O4. The van der Waals surface area contributed by atoms with E-state index < -0.39 is 18.5 Å². The fourth-order valence-corrected chi connectivity index (χ4v) is 1.45. The van der Waals surface area contributed by atoms with Gasteiger partial charge in [0.05, 0.1) is 11.7 Å². The first-order valence-electron chi connectivity index (χ1n) is 5.17. The van der Waals surface area contributed by atoms with Crippen LogP contribution < -0.4 is 5.32 Å². The van der Waals surface area contributed by atoms with E-state index in [2.05, 4.69) is 20.3 Å². The van der Waals surface area contributed by atoms with E-state index in [1.165, 1.54) is 0 Å². The molecule has 1 aromatic carbocycles. The molecule has 2 rings (SSSR count). The van der Waals surface area contributed by atoms with Gasteiger partial charge in [0.15, 0.2) is 0 Å². The Kier molecular flexibility index (Phi) is 3.54. The summed E-state index contributed by atoms with van der Waals surface area (Å²) in [5.74, 6) is -1.51. The van der Waals surface area contributed by atoms with Crippen LogP contribution in [-0.2, 0) is 14.3 Å². The molecule has 1 aromatic heterocycles. The quantitative estimate of drug-likeness (QED) is 0.719. The van der Waals surface area contributed by atoms with E-state index in [4.69, 9.17) is 5.11 Å². The molecule has 7 nitrogen and oxygen atoms in total. The zero-order valence-electron chi connectivity index (χ0n) is 9.34. The van der Waals surface area contributed by atoms with Crippen molar-refractivity contribution >= 4 is 28.5 Å². The number of anilines is 1. The Morgan fingerprint density at radius 2 is 2.22 bits per heavy atom. The Bertz CT molecular complexity index is 578. The number of H-pyrrole nitrogens is 1. The van der Waals surface area contributed by atoms with Crippen LogP contribution in [0.15, 0.2) is 24.4 Å². The fourth-order valence-electron chi connectivity index (χ4n) is 1.45. The van der Waals surface area contributed by atoms with Crippen LogP contribution in [0.2, 0.25) is 0 Å². The number of carbonyl (C=O) groups is 2. The Morgan fingerprint density at radius 3 is 3.00 bits per heavy atom. The fraction of sp³-hybridized carbons (Fsp3) is 0.182. The van der Waals surface area contributed by atoms with Crippen molar-refractivity contribution in [2.45, 2.75) is 0 Å². The largest absolute Gasteiger partial charge is 0.480 e. The summed E-state index contributed by atoms with van der Waals surface area (Å²) >= 11 is 0. The maximum atomic E-state index is 11.4. The van der Waals surface area contributed by atoms with Gasteiger partial charge in [-0.1, -0.05) is 0 Å². The molecule has 0 atom stereocenters. The number of nitrogens with one attached hydrogen (secondary N) is 2. The molecule has 94 valence electrons. The summed E-state index contributed by atoms with van der Waals surface area (Å²) in [5.41, 5.74) is 1.47. The highest BCUT2D eigenvalue weighted by atomic mass is 16.5. The normalized spacial score (nSPS) is 10.4. The number of ether oxygens (including phenoxy) is 1. The number of aromatic amines is 1. The molecule has 0 saturated carbocycles. The zero-order chi connectivity index (χ0) is 13.0. The van der Waals surface area contributed by atoms with E-state index in [1.54, 1.807) is 24.4 Å². The van der Waals surface area contributed by atoms with Gasteiger partial charge in [-0.25, -0.2) is 4.79 Å². The molecule has 0 fully saturated rings. The highest BCUT2D eigenvalue weighted by molar-refractivity contribution is 5.94. The summed E-state index contributed by atoms with van der Waals surface area (Å²) in [4.78, 5) is 21.6. The molecule has 0 aliphatic heterocycles. The molecule has 0 bridgehead atoms. The molecule has 1 heterocycles. The second kappa shape index (κ2) is 5.28. The number of carboxylic acid groups (broad SMARTS) is 1. The molecule has 2 aromatic rings. The van der Waals surface area contributed by atoms with E-state index >= 15 is 0 Å². The number of rotatable bonds is 5. The van der Waals surface area contributed by atoms with Gasteiger partial charge in [0.2, 0.25) is 5.91 Å². The van der Waals surface area contributed by atoms with Gasteiger partial charge in [0.1, 0.15) is 13.2 Å². The predicted molar refractivity (Wildman–Crippen MR) is 63.2 cm³/mol. The average molecular weight is 249 g/mol. The minimum atomic E-state index is -1.11. The van der Waals surface area contributed by atoms with Crippen LogP contribution in [0.25, 0.3) is 10.9 Å². The van der Waals surface area contributed by atoms with Crippen molar-refractivity contribution in [2.24, 2.45) is 0 Å². The molecule has 0 aliphatic carbocycles. The summed E-state index contributed by atoms with van der Waals surface area (Å²) in [7, 11) is 0. The monoisotopic (exact) mass is 249 g/mol. The van der Waals surface area contributed by atoms with Gasteiger partial charge >= 0.3 is 5.97 Å². The number of hydrogen-bond donors (Lipinski definition) is 3. The SMILES string of the molecule is O=C(O)COCC(=O)Nc1ccc2[nH]ncc2c1. The van der Waals surface area contributed by atoms with Crippen LogP contribution in [0.3, 0.4) is 0 Å². The first-order valence-corrected chi connectivity index (χ1v) is 5.17. The van der Waals surface area contributed by atoms with Crippen molar-refractivity contribution in [1.82, 2.24) is 10.2 Å². The van der Waals surface area contributed by atoms with Crippen LogP contribution in [0, 0.1) is 0 Å². The minimum Gasteiger partial charge on any atom is -0.480 e. The number of carbonyl (C=O) groups excluding carboxylic acids is 1. The van der Waals surface area contributed by atoms with Crippen molar-refractivity contribution in [2.75, 3.05) is 18.5 Å². The Balaban J connectivity index is 1.91. The number of aromatic nitrogens is 2.